The van der Waals surface area contributed by atoms with Crippen LogP contribution in [0.15, 0.2) is 0 Å². The summed E-state index contributed by atoms with van der Waals surface area (Å²) in [5.74, 6) is 0. The third-order valence-corrected chi connectivity index (χ3v) is 3.19. The number of hydrogen-bond donors (Lipinski definition) is 0. The molecule has 0 spiro atoms. The average molecular weight is 222 g/mol. The second-order valence-corrected chi connectivity index (χ2v) is 6.76. The number of aryl methyl sites for hydroxylation is 1. The highest BCUT2D eigenvalue weighted by Crippen LogP contribution is 2.33. The van der Waals surface area contributed by atoms with Crippen molar-refractivity contribution in [3.8, 4) is 0 Å². The number of rotatable bonds is 2. The summed E-state index contributed by atoms with van der Waals surface area (Å²) in [7, 11) is 0. The molecule has 0 saturated carbocycles. The minimum atomic E-state index is 0.0847. The number of hydrogen-bond acceptors (Lipinski definition) is 1. The summed E-state index contributed by atoms with van der Waals surface area (Å²) in [6.07, 6.45) is 1.13. The lowest BCUT2D eigenvalue weighted by atomic mass is 9.82. The molecule has 0 aliphatic rings. The van der Waals surface area contributed by atoms with Gasteiger partial charge in [-0.05, 0) is 52.0 Å². The number of nitrogens with zero attached hydrogens (tertiary/aromatic N) is 2. The maximum absolute atomic E-state index is 4.68. The van der Waals surface area contributed by atoms with E-state index in [1.807, 2.05) is 0 Å². The lowest BCUT2D eigenvalue weighted by molar-refractivity contribution is 0.194. The van der Waals surface area contributed by atoms with E-state index < -0.39 is 0 Å². The van der Waals surface area contributed by atoms with Crippen LogP contribution in [0.5, 0.6) is 0 Å². The Morgan fingerprint density at radius 3 is 1.81 bits per heavy atom. The zero-order chi connectivity index (χ0) is 12.7. The molecule has 0 aliphatic heterocycles. The van der Waals surface area contributed by atoms with E-state index in [9.17, 15) is 0 Å². The topological polar surface area (TPSA) is 17.8 Å². The van der Waals surface area contributed by atoms with Crippen LogP contribution in [-0.4, -0.2) is 9.78 Å². The molecule has 0 aromatic carbocycles. The highest BCUT2D eigenvalue weighted by molar-refractivity contribution is 5.23. The molecule has 1 aromatic rings. The van der Waals surface area contributed by atoms with Crippen molar-refractivity contribution in [3.05, 3.63) is 17.0 Å². The highest BCUT2D eigenvalue weighted by Gasteiger charge is 2.29. The third kappa shape index (κ3) is 2.66. The fourth-order valence-electron chi connectivity index (χ4n) is 2.68. The Labute approximate surface area is 100 Å². The zero-order valence-electron chi connectivity index (χ0n) is 12.1. The first-order valence-corrected chi connectivity index (χ1v) is 6.08. The smallest absolute Gasteiger partial charge is 0.0625 e. The van der Waals surface area contributed by atoms with Crippen LogP contribution >= 0.6 is 0 Å². The summed E-state index contributed by atoms with van der Waals surface area (Å²) in [6.45, 7) is 17.8. The average Bonchev–Trinajstić information content (AvgIpc) is 2.29. The van der Waals surface area contributed by atoms with Crippen LogP contribution in [0.4, 0.5) is 0 Å². The maximum atomic E-state index is 4.68. The van der Waals surface area contributed by atoms with Gasteiger partial charge in [0.15, 0.2) is 0 Å². The van der Waals surface area contributed by atoms with E-state index >= 15 is 0 Å². The molecule has 0 unspecified atom stereocenters. The first-order chi connectivity index (χ1) is 7.04. The zero-order valence-corrected chi connectivity index (χ0v) is 12.1. The molecule has 2 nitrogen and oxygen atoms in total. The molecular weight excluding hydrogens is 196 g/mol. The second-order valence-electron chi connectivity index (χ2n) is 6.76. The molecule has 92 valence electrons. The van der Waals surface area contributed by atoms with Gasteiger partial charge in [-0.15, -0.1) is 0 Å². The predicted octanol–water partition coefficient (Wildman–Crippen LogP) is 3.98. The Kier molecular flexibility index (Phi) is 3.24. The van der Waals surface area contributed by atoms with Gasteiger partial charge >= 0.3 is 0 Å². The van der Waals surface area contributed by atoms with Gasteiger partial charge < -0.3 is 0 Å². The standard InChI is InChI=1S/C14H26N2/c1-10-11(2)15-16(12(10)3)14(7,8)9-13(4,5)6/h9H2,1-8H3. The summed E-state index contributed by atoms with van der Waals surface area (Å²) in [4.78, 5) is 0. The normalized spacial score (nSPS) is 13.2. The van der Waals surface area contributed by atoms with E-state index in [1.54, 1.807) is 0 Å². The minimum absolute atomic E-state index is 0.0847. The van der Waals surface area contributed by atoms with Crippen molar-refractivity contribution in [3.63, 3.8) is 0 Å². The summed E-state index contributed by atoms with van der Waals surface area (Å²) in [5.41, 5.74) is 4.18. The summed E-state index contributed by atoms with van der Waals surface area (Å²) >= 11 is 0. The molecule has 0 fully saturated rings. The van der Waals surface area contributed by atoms with Gasteiger partial charge in [0.05, 0.1) is 11.2 Å². The molecule has 0 radical (unpaired) electrons. The second kappa shape index (κ2) is 3.90. The van der Waals surface area contributed by atoms with Gasteiger partial charge in [-0.3, -0.25) is 4.68 Å². The van der Waals surface area contributed by atoms with Gasteiger partial charge in [-0.1, -0.05) is 20.8 Å². The van der Waals surface area contributed by atoms with Gasteiger partial charge in [-0.2, -0.15) is 5.10 Å². The van der Waals surface area contributed by atoms with Crippen LogP contribution in [0, 0.1) is 26.2 Å². The van der Waals surface area contributed by atoms with Gasteiger partial charge in [0.1, 0.15) is 0 Å². The Balaban J connectivity index is 3.12. The fourth-order valence-corrected chi connectivity index (χ4v) is 2.68. The van der Waals surface area contributed by atoms with Gasteiger partial charge in [-0.25, -0.2) is 0 Å². The van der Waals surface area contributed by atoms with E-state index in [1.165, 1.54) is 11.3 Å². The first kappa shape index (κ1) is 13.3. The lowest BCUT2D eigenvalue weighted by Gasteiger charge is -2.33. The molecule has 0 N–H and O–H groups in total. The van der Waals surface area contributed by atoms with Crippen molar-refractivity contribution in [2.75, 3.05) is 0 Å². The van der Waals surface area contributed by atoms with Crippen molar-refractivity contribution in [1.29, 1.82) is 0 Å². The Bertz CT molecular complexity index is 378. The van der Waals surface area contributed by atoms with Crippen LogP contribution in [0.3, 0.4) is 0 Å². The molecule has 1 aromatic heterocycles. The molecule has 1 heterocycles. The van der Waals surface area contributed by atoms with Crippen LogP contribution in [0.2, 0.25) is 0 Å². The molecule has 16 heavy (non-hydrogen) atoms. The van der Waals surface area contributed by atoms with E-state index in [-0.39, 0.29) is 5.54 Å². The molecule has 0 bridgehead atoms. The summed E-state index contributed by atoms with van der Waals surface area (Å²) in [5, 5.41) is 4.68. The van der Waals surface area contributed by atoms with Gasteiger partial charge in [0.25, 0.3) is 0 Å². The molecule has 0 aliphatic carbocycles. The summed E-state index contributed by atoms with van der Waals surface area (Å²) in [6, 6.07) is 0. The Morgan fingerprint density at radius 2 is 1.50 bits per heavy atom. The lowest BCUT2D eigenvalue weighted by Crippen LogP contribution is -2.33. The minimum Gasteiger partial charge on any atom is -0.264 e. The third-order valence-electron chi connectivity index (χ3n) is 3.19. The summed E-state index contributed by atoms with van der Waals surface area (Å²) < 4.78 is 2.20. The largest absolute Gasteiger partial charge is 0.264 e. The quantitative estimate of drug-likeness (QED) is 0.740. The maximum Gasteiger partial charge on any atom is 0.0625 e. The van der Waals surface area contributed by atoms with Crippen LogP contribution in [0.1, 0.15) is 58.0 Å². The van der Waals surface area contributed by atoms with Crippen LogP contribution < -0.4 is 0 Å². The van der Waals surface area contributed by atoms with Crippen molar-refractivity contribution < 1.29 is 0 Å². The highest BCUT2D eigenvalue weighted by atomic mass is 15.3. The molecule has 1 rings (SSSR count). The van der Waals surface area contributed by atoms with Crippen LogP contribution in [0.25, 0.3) is 0 Å². The van der Waals surface area contributed by atoms with Crippen molar-refractivity contribution >= 4 is 0 Å². The molecule has 0 saturated heterocycles. The first-order valence-electron chi connectivity index (χ1n) is 6.08. The molecular formula is C14H26N2. The van der Waals surface area contributed by atoms with E-state index in [0.717, 1.165) is 12.1 Å². The SMILES string of the molecule is Cc1nn(C(C)(C)CC(C)(C)C)c(C)c1C. The van der Waals surface area contributed by atoms with Gasteiger partial charge in [0, 0.05) is 5.69 Å². The van der Waals surface area contributed by atoms with E-state index in [4.69, 9.17) is 0 Å². The predicted molar refractivity (Wildman–Crippen MR) is 69.8 cm³/mol. The van der Waals surface area contributed by atoms with E-state index in [0.29, 0.717) is 5.41 Å². The van der Waals surface area contributed by atoms with Gasteiger partial charge in [0.2, 0.25) is 0 Å². The monoisotopic (exact) mass is 222 g/mol. The van der Waals surface area contributed by atoms with E-state index in [2.05, 4.69) is 65.2 Å². The molecule has 0 atom stereocenters. The van der Waals surface area contributed by atoms with Crippen LogP contribution in [-0.2, 0) is 5.54 Å². The number of aromatic nitrogens is 2. The van der Waals surface area contributed by atoms with Crippen molar-refractivity contribution in [1.82, 2.24) is 9.78 Å². The molecule has 0 amide bonds. The van der Waals surface area contributed by atoms with Crippen molar-refractivity contribution in [2.45, 2.75) is 67.3 Å². The Hall–Kier alpha value is -0.790. The fraction of sp³-hybridized carbons (Fsp3) is 0.786. The van der Waals surface area contributed by atoms with Crippen molar-refractivity contribution in [2.24, 2.45) is 5.41 Å². The Morgan fingerprint density at radius 1 is 1.00 bits per heavy atom. The molecule has 2 heteroatoms.